The van der Waals surface area contributed by atoms with Gasteiger partial charge in [0.05, 0.1) is 119 Å². The predicted molar refractivity (Wildman–Crippen MR) is 460 cm³/mol. The molecule has 5 N–H and O–H groups in total. The van der Waals surface area contributed by atoms with E-state index in [0.29, 0.717) is 96.0 Å². The lowest BCUT2D eigenvalue weighted by atomic mass is 10.1. The molecule has 29 heteroatoms. The van der Waals surface area contributed by atoms with Crippen LogP contribution in [0.2, 0.25) is 0 Å². The number of nitrogens with zero attached hydrogens (tertiary/aromatic N) is 7. The molecule has 14 rings (SSSR count). The topological polar surface area (TPSA) is 300 Å². The van der Waals surface area contributed by atoms with Crippen molar-refractivity contribution in [2.75, 3.05) is 201 Å². The maximum absolute atomic E-state index is 13.3. The molecule has 0 radical (unpaired) electrons. The smallest absolute Gasteiger partial charge is 0.338 e. The number of aromatic nitrogens is 2. The van der Waals surface area contributed by atoms with Crippen LogP contribution in [0.4, 0.5) is 17.2 Å². The van der Waals surface area contributed by atoms with Crippen LogP contribution in [0.3, 0.4) is 0 Å². The van der Waals surface area contributed by atoms with E-state index in [2.05, 4.69) is 40.3 Å². The summed E-state index contributed by atoms with van der Waals surface area (Å²) in [4.78, 5) is 73.6. The van der Waals surface area contributed by atoms with E-state index in [1.54, 1.807) is 106 Å². The third-order valence-electron chi connectivity index (χ3n) is 18.5. The zero-order valence-corrected chi connectivity index (χ0v) is 69.9. The number of nitrogens with two attached hydrogens (primary N) is 1. The van der Waals surface area contributed by atoms with Crippen molar-refractivity contribution in [2.24, 2.45) is 4.99 Å². The average molecular weight is 1670 g/mol. The number of ketones is 1. The number of ether oxygens (including phenoxy) is 11. The van der Waals surface area contributed by atoms with Gasteiger partial charge in [0.15, 0.2) is 5.78 Å². The highest BCUT2D eigenvalue weighted by molar-refractivity contribution is 6.18. The Balaban J connectivity index is 0.000000203. The van der Waals surface area contributed by atoms with Gasteiger partial charge in [-0.15, -0.1) is 24.0 Å². The second kappa shape index (κ2) is 55.6. The van der Waals surface area contributed by atoms with E-state index in [-0.39, 0.29) is 53.6 Å². The minimum absolute atomic E-state index is 0. The minimum Gasteiger partial charge on any atom is -0.508 e. The van der Waals surface area contributed by atoms with Gasteiger partial charge in [0, 0.05) is 120 Å². The number of carbonyl (C=O) groups is 5. The lowest BCUT2D eigenvalue weighted by Crippen LogP contribution is -2.38. The molecule has 1 saturated carbocycles. The van der Waals surface area contributed by atoms with Gasteiger partial charge in [-0.1, -0.05) is 72.8 Å². The second-order valence-corrected chi connectivity index (χ2v) is 27.6. The Bertz CT molecular complexity index is 4140. The molecule has 6 aliphatic rings. The molecule has 638 valence electrons. The van der Waals surface area contributed by atoms with Crippen LogP contribution in [-0.2, 0) is 37.9 Å². The van der Waals surface area contributed by atoms with Gasteiger partial charge in [0.1, 0.15) is 48.6 Å². The second-order valence-electron chi connectivity index (χ2n) is 27.2. The van der Waals surface area contributed by atoms with Gasteiger partial charge in [0.25, 0.3) is 5.91 Å². The first-order valence-corrected chi connectivity index (χ1v) is 40.8. The van der Waals surface area contributed by atoms with Crippen LogP contribution in [-0.4, -0.2) is 267 Å². The molecule has 1 amide bonds. The number of phenolic OH excluding ortho intramolecular Hbond substituents is 1. The number of alkyl halides is 1. The molecule has 6 fully saturated rings. The standard InChI is InChI=1S/C27H31N5O4.2C15H21NO4.C13H12N2.C9H10O3.C6H12ClNO.C4H8O.ClH/c1-18-5-6-20(27(34)30-21-7-8-21)16-24(18)32-26(28)23(17-29-32)25(33)19-3-2-4-22(15-19)36-14-11-31-9-12-35-13-10-31;2*1-2-19-15(17)13-4-3-5-14(12-13)20-11-8-16-6-9-18-10-7-16;1-3-7-12(8-4-1)14-11-15-13-9-5-2-6-10-13;1-2-12-9(11)7-4-3-5-8(10)6-7;7-1-2-8-3-5-9-6-4-8;1-2-4-5-3-1;/h2-6,15-17,21H,7-14,28H2,1H3,(H,30,34);2*3-5,12H,2,6-11H2,1H3;1-11H,(H,14,15);3-6,10H,2H2,1H3;1-6H2;1-4H2;1H. The predicted octanol–water partition coefficient (Wildman–Crippen LogP) is 12.5. The number of amides is 1. The maximum Gasteiger partial charge on any atom is 0.338 e. The average Bonchev–Trinajstić information content (AvgIpc) is 1.62. The number of morpholine rings is 4. The molecular formula is C89H116Cl2N10O17. The molecule has 0 atom stereocenters. The largest absolute Gasteiger partial charge is 0.508 e. The summed E-state index contributed by atoms with van der Waals surface area (Å²) in [5.41, 5.74) is 12.7. The van der Waals surface area contributed by atoms with E-state index < -0.39 is 5.97 Å². The first kappa shape index (κ1) is 95.1. The van der Waals surface area contributed by atoms with Gasteiger partial charge in [-0.3, -0.25) is 29.2 Å². The van der Waals surface area contributed by atoms with E-state index in [4.69, 9.17) is 74.5 Å². The Morgan fingerprint density at radius 1 is 0.508 bits per heavy atom. The number of phenols is 1. The molecule has 27 nitrogen and oxygen atoms in total. The summed E-state index contributed by atoms with van der Waals surface area (Å²) in [5.74, 6) is 1.66. The van der Waals surface area contributed by atoms with Gasteiger partial charge in [-0.2, -0.15) is 5.10 Å². The van der Waals surface area contributed by atoms with Crippen molar-refractivity contribution in [3.63, 3.8) is 0 Å². The molecule has 0 unspecified atom stereocenters. The molecule has 118 heavy (non-hydrogen) atoms. The summed E-state index contributed by atoms with van der Waals surface area (Å²) in [6.07, 6.45) is 7.76. The van der Waals surface area contributed by atoms with Gasteiger partial charge in [-0.25, -0.2) is 24.1 Å². The van der Waals surface area contributed by atoms with Crippen molar-refractivity contribution >= 4 is 77.1 Å². The van der Waals surface area contributed by atoms with E-state index in [1.165, 1.54) is 35.9 Å². The molecule has 6 heterocycles. The first-order valence-electron chi connectivity index (χ1n) is 40.2. The van der Waals surface area contributed by atoms with Crippen molar-refractivity contribution in [3.8, 4) is 28.7 Å². The summed E-state index contributed by atoms with van der Waals surface area (Å²) < 4.78 is 59.5. The molecule has 1 aromatic heterocycles. The molecule has 1 aliphatic carbocycles. The summed E-state index contributed by atoms with van der Waals surface area (Å²) in [6.45, 7) is 29.7. The van der Waals surface area contributed by atoms with Crippen LogP contribution in [0.25, 0.3) is 5.69 Å². The number of anilines is 2. The Hall–Kier alpha value is -10.0. The third-order valence-corrected chi connectivity index (χ3v) is 18.6. The number of hydrogen-bond acceptors (Lipinski definition) is 24. The zero-order valence-electron chi connectivity index (χ0n) is 68.3. The highest BCUT2D eigenvalue weighted by Gasteiger charge is 2.26. The Kier molecular flexibility index (Phi) is 44.8. The fourth-order valence-corrected chi connectivity index (χ4v) is 12.1. The van der Waals surface area contributed by atoms with Crippen LogP contribution in [0.5, 0.6) is 23.0 Å². The number of hydrogen-bond donors (Lipinski definition) is 4. The number of nitrogens with one attached hydrogen (secondary N) is 2. The van der Waals surface area contributed by atoms with Crippen molar-refractivity contribution in [1.82, 2.24) is 34.7 Å². The van der Waals surface area contributed by atoms with E-state index >= 15 is 0 Å². The number of benzene rings is 7. The number of aryl methyl sites for hydroxylation is 1. The highest BCUT2D eigenvalue weighted by atomic mass is 35.5. The SMILES string of the molecule is C(=Nc1ccccc1)Nc1ccccc1.C1CCOC1.CCOC(=O)c1cccc(O)c1.CCOC(=O)c1cccc(OCCN2CCOCC2)c1.CCOC(=O)c1cccc(OCCN2CCOCC2)c1.Cc1ccc(C(=O)NC2CC2)cc1-n1ncc(C(=O)c2cccc(OCCN3CCOCC3)c2)c1N.Cl.ClCCN1CCOCC1. The molecule has 5 saturated heterocycles. The van der Waals surface area contributed by atoms with Crippen molar-refractivity contribution in [1.29, 1.82) is 0 Å². The van der Waals surface area contributed by atoms with Gasteiger partial charge < -0.3 is 73.6 Å². The number of rotatable bonds is 28. The van der Waals surface area contributed by atoms with Gasteiger partial charge >= 0.3 is 17.9 Å². The fraction of sp³-hybridized carbons (Fsp3) is 0.427. The molecule has 0 bridgehead atoms. The summed E-state index contributed by atoms with van der Waals surface area (Å²) >= 11 is 5.55. The third kappa shape index (κ3) is 36.1. The lowest BCUT2D eigenvalue weighted by molar-refractivity contribution is 0.0321. The van der Waals surface area contributed by atoms with Crippen molar-refractivity contribution in [2.45, 2.75) is 59.4 Å². The summed E-state index contributed by atoms with van der Waals surface area (Å²) in [7, 11) is 0. The van der Waals surface area contributed by atoms with Crippen LogP contribution >= 0.6 is 24.0 Å². The number of esters is 3. The van der Waals surface area contributed by atoms with E-state index in [0.717, 1.165) is 180 Å². The number of nitrogen functional groups attached to an aromatic ring is 1. The number of carbonyl (C=O) groups excluding carboxylic acids is 5. The van der Waals surface area contributed by atoms with E-state index in [1.807, 2.05) is 91.9 Å². The molecular weight excluding hydrogens is 1550 g/mol. The molecule has 7 aromatic carbocycles. The van der Waals surface area contributed by atoms with Gasteiger partial charge in [-0.05, 0) is 162 Å². The molecule has 0 spiro atoms. The van der Waals surface area contributed by atoms with Crippen LogP contribution in [0.15, 0.2) is 187 Å². The minimum atomic E-state index is -0.409. The van der Waals surface area contributed by atoms with Crippen molar-refractivity contribution < 1.29 is 81.2 Å². The quantitative estimate of drug-likeness (QED) is 0.00884. The molecule has 8 aromatic rings. The molecule has 5 aliphatic heterocycles. The normalized spacial score (nSPS) is 15.3. The van der Waals surface area contributed by atoms with Crippen LogP contribution < -0.4 is 30.6 Å². The Morgan fingerprint density at radius 3 is 1.35 bits per heavy atom. The van der Waals surface area contributed by atoms with Crippen molar-refractivity contribution in [3.05, 3.63) is 221 Å². The summed E-state index contributed by atoms with van der Waals surface area (Å²) in [5, 5.41) is 19.5. The summed E-state index contributed by atoms with van der Waals surface area (Å²) in [6, 6.07) is 52.8. The number of halogens is 2. The van der Waals surface area contributed by atoms with Gasteiger partial charge in [0.2, 0.25) is 0 Å². The number of aromatic hydroxyl groups is 1. The van der Waals surface area contributed by atoms with E-state index in [9.17, 15) is 24.0 Å². The highest BCUT2D eigenvalue weighted by Crippen LogP contribution is 2.27. The first-order chi connectivity index (χ1) is 57.2. The number of aliphatic imine (C=N–C) groups is 1. The monoisotopic (exact) mass is 1670 g/mol. The Labute approximate surface area is 704 Å². The fourth-order valence-electron chi connectivity index (χ4n) is 11.8. The lowest BCUT2D eigenvalue weighted by Gasteiger charge is -2.26. The zero-order chi connectivity index (χ0) is 82.9. The maximum atomic E-state index is 13.3. The van der Waals surface area contributed by atoms with Crippen LogP contribution in [0, 0.1) is 6.92 Å². The number of para-hydroxylation sites is 2. The Morgan fingerprint density at radius 2 is 0.924 bits per heavy atom. The van der Waals surface area contributed by atoms with Crippen LogP contribution in [0.1, 0.15) is 109 Å².